The number of aromatic carboxylic acids is 1. The molecule has 23 heavy (non-hydrogen) atoms. The molecule has 1 N–H and O–H groups in total. The molecule has 0 aliphatic heterocycles. The largest absolute Gasteiger partial charge is 0.488 e. The number of hydrogen-bond acceptors (Lipinski definition) is 4. The van der Waals surface area contributed by atoms with Crippen LogP contribution in [0.5, 0.6) is 5.75 Å². The van der Waals surface area contributed by atoms with Crippen LogP contribution in [0.4, 0.5) is 0 Å². The van der Waals surface area contributed by atoms with Crippen molar-refractivity contribution in [3.8, 4) is 16.3 Å². The van der Waals surface area contributed by atoms with Gasteiger partial charge in [-0.25, -0.2) is 9.78 Å². The number of thiazole rings is 1. The fraction of sp³-hybridized carbons (Fsp3) is 0.0588. The Kier molecular flexibility index (Phi) is 4.73. The van der Waals surface area contributed by atoms with Crippen LogP contribution in [0.1, 0.15) is 16.1 Å². The molecule has 0 atom stereocenters. The molecule has 3 aromatic rings. The third-order valence-corrected chi connectivity index (χ3v) is 4.65. The Balaban J connectivity index is 1.76. The molecule has 6 heteroatoms. The van der Waals surface area contributed by atoms with Gasteiger partial charge >= 0.3 is 5.97 Å². The van der Waals surface area contributed by atoms with Gasteiger partial charge in [-0.1, -0.05) is 30.3 Å². The lowest BCUT2D eigenvalue weighted by Crippen LogP contribution is -1.96. The molecule has 0 aliphatic carbocycles. The normalized spacial score (nSPS) is 10.5. The van der Waals surface area contributed by atoms with Crippen LogP contribution in [0.25, 0.3) is 10.6 Å². The standard InChI is InChI=1S/C17H12BrNO3S/c18-13-8-12(16-19-14(10-23-16)17(20)21)6-7-15(13)22-9-11-4-2-1-3-5-11/h1-8,10H,9H2,(H,20,21). The predicted molar refractivity (Wildman–Crippen MR) is 93.0 cm³/mol. The van der Waals surface area contributed by atoms with Gasteiger partial charge in [-0.15, -0.1) is 11.3 Å². The maximum atomic E-state index is 10.9. The number of hydrogen-bond donors (Lipinski definition) is 1. The van der Waals surface area contributed by atoms with E-state index in [-0.39, 0.29) is 5.69 Å². The van der Waals surface area contributed by atoms with Crippen LogP contribution in [0.3, 0.4) is 0 Å². The summed E-state index contributed by atoms with van der Waals surface area (Å²) in [7, 11) is 0. The minimum atomic E-state index is -1.02. The van der Waals surface area contributed by atoms with E-state index in [1.165, 1.54) is 16.7 Å². The smallest absolute Gasteiger partial charge is 0.355 e. The summed E-state index contributed by atoms with van der Waals surface area (Å²) in [4.78, 5) is 15.0. The first-order valence-electron chi connectivity index (χ1n) is 6.79. The van der Waals surface area contributed by atoms with Gasteiger partial charge in [0.15, 0.2) is 5.69 Å². The Morgan fingerprint density at radius 1 is 1.22 bits per heavy atom. The van der Waals surface area contributed by atoms with E-state index in [2.05, 4.69) is 20.9 Å². The van der Waals surface area contributed by atoms with E-state index in [1.807, 2.05) is 48.5 Å². The van der Waals surface area contributed by atoms with E-state index in [0.717, 1.165) is 21.3 Å². The van der Waals surface area contributed by atoms with Crippen molar-refractivity contribution < 1.29 is 14.6 Å². The molecule has 1 heterocycles. The fourth-order valence-electron chi connectivity index (χ4n) is 1.99. The topological polar surface area (TPSA) is 59.4 Å². The Labute approximate surface area is 145 Å². The zero-order valence-electron chi connectivity index (χ0n) is 11.9. The third kappa shape index (κ3) is 3.78. The first-order valence-corrected chi connectivity index (χ1v) is 8.46. The number of benzene rings is 2. The number of halogens is 1. The van der Waals surface area contributed by atoms with Crippen molar-refractivity contribution in [3.05, 3.63) is 69.6 Å². The first kappa shape index (κ1) is 15.7. The maximum Gasteiger partial charge on any atom is 0.355 e. The summed E-state index contributed by atoms with van der Waals surface area (Å²) in [6.07, 6.45) is 0. The molecular formula is C17H12BrNO3S. The Morgan fingerprint density at radius 3 is 2.65 bits per heavy atom. The minimum absolute atomic E-state index is 0.0607. The molecule has 0 saturated heterocycles. The molecule has 0 fully saturated rings. The molecule has 2 aromatic carbocycles. The summed E-state index contributed by atoms with van der Waals surface area (Å²) < 4.78 is 6.60. The van der Waals surface area contributed by atoms with E-state index in [0.29, 0.717) is 11.6 Å². The molecule has 116 valence electrons. The molecule has 3 rings (SSSR count). The van der Waals surface area contributed by atoms with Gasteiger partial charge in [0.05, 0.1) is 4.47 Å². The highest BCUT2D eigenvalue weighted by Gasteiger charge is 2.11. The summed E-state index contributed by atoms with van der Waals surface area (Å²) in [5.74, 6) is -0.290. The van der Waals surface area contributed by atoms with Crippen molar-refractivity contribution in [2.24, 2.45) is 0 Å². The highest BCUT2D eigenvalue weighted by Crippen LogP contribution is 2.32. The summed E-state index contributed by atoms with van der Waals surface area (Å²) in [5, 5.41) is 11.1. The fourth-order valence-corrected chi connectivity index (χ4v) is 3.27. The summed E-state index contributed by atoms with van der Waals surface area (Å²) in [6, 6.07) is 15.5. The number of carboxylic acid groups (broad SMARTS) is 1. The molecule has 0 spiro atoms. The zero-order chi connectivity index (χ0) is 16.2. The van der Waals surface area contributed by atoms with Gasteiger partial charge < -0.3 is 9.84 Å². The van der Waals surface area contributed by atoms with Crippen LogP contribution < -0.4 is 4.74 Å². The van der Waals surface area contributed by atoms with E-state index < -0.39 is 5.97 Å². The molecule has 1 aromatic heterocycles. The minimum Gasteiger partial charge on any atom is -0.488 e. The molecule has 0 amide bonds. The monoisotopic (exact) mass is 389 g/mol. The number of carboxylic acids is 1. The molecule has 4 nitrogen and oxygen atoms in total. The second-order valence-electron chi connectivity index (χ2n) is 4.76. The average Bonchev–Trinajstić information content (AvgIpc) is 3.05. The van der Waals surface area contributed by atoms with Crippen LogP contribution in [0.2, 0.25) is 0 Å². The van der Waals surface area contributed by atoms with Crippen molar-refractivity contribution in [1.29, 1.82) is 0 Å². The van der Waals surface area contributed by atoms with Crippen LogP contribution in [0, 0.1) is 0 Å². The van der Waals surface area contributed by atoms with Gasteiger partial charge in [-0.3, -0.25) is 0 Å². The molecule has 0 saturated carbocycles. The van der Waals surface area contributed by atoms with Gasteiger partial charge in [-0.2, -0.15) is 0 Å². The highest BCUT2D eigenvalue weighted by atomic mass is 79.9. The Morgan fingerprint density at radius 2 is 2.00 bits per heavy atom. The number of aromatic nitrogens is 1. The lowest BCUT2D eigenvalue weighted by atomic mass is 10.2. The summed E-state index contributed by atoms with van der Waals surface area (Å²) in [5.41, 5.74) is 2.00. The highest BCUT2D eigenvalue weighted by molar-refractivity contribution is 9.10. The molecular weight excluding hydrogens is 378 g/mol. The summed E-state index contributed by atoms with van der Waals surface area (Å²) >= 11 is 4.79. The van der Waals surface area contributed by atoms with E-state index in [1.54, 1.807) is 0 Å². The molecule has 0 radical (unpaired) electrons. The van der Waals surface area contributed by atoms with E-state index in [9.17, 15) is 4.79 Å². The average molecular weight is 390 g/mol. The number of carbonyl (C=O) groups is 1. The van der Waals surface area contributed by atoms with Crippen LogP contribution in [-0.4, -0.2) is 16.1 Å². The number of nitrogens with zero attached hydrogens (tertiary/aromatic N) is 1. The van der Waals surface area contributed by atoms with Crippen LogP contribution in [0.15, 0.2) is 58.4 Å². The first-order chi connectivity index (χ1) is 11.1. The van der Waals surface area contributed by atoms with Crippen molar-refractivity contribution in [3.63, 3.8) is 0 Å². The van der Waals surface area contributed by atoms with Gasteiger partial charge in [0.2, 0.25) is 0 Å². The molecule has 0 bridgehead atoms. The van der Waals surface area contributed by atoms with Gasteiger partial charge in [0, 0.05) is 10.9 Å². The Bertz CT molecular complexity index is 833. The zero-order valence-corrected chi connectivity index (χ0v) is 14.3. The SMILES string of the molecule is O=C(O)c1csc(-c2ccc(OCc3ccccc3)c(Br)c2)n1. The number of rotatable bonds is 5. The lowest BCUT2D eigenvalue weighted by Gasteiger charge is -2.09. The van der Waals surface area contributed by atoms with Crippen LogP contribution in [-0.2, 0) is 6.61 Å². The van der Waals surface area contributed by atoms with Crippen molar-refractivity contribution >= 4 is 33.2 Å². The van der Waals surface area contributed by atoms with E-state index >= 15 is 0 Å². The van der Waals surface area contributed by atoms with Crippen molar-refractivity contribution in [2.75, 3.05) is 0 Å². The van der Waals surface area contributed by atoms with Gasteiger partial charge in [0.25, 0.3) is 0 Å². The van der Waals surface area contributed by atoms with E-state index in [4.69, 9.17) is 9.84 Å². The predicted octanol–water partition coefficient (Wildman–Crippen LogP) is 4.85. The maximum absolute atomic E-state index is 10.9. The molecule has 0 aliphatic rings. The van der Waals surface area contributed by atoms with Crippen LogP contribution >= 0.6 is 27.3 Å². The number of ether oxygens (including phenoxy) is 1. The molecule has 0 unspecified atom stereocenters. The third-order valence-electron chi connectivity index (χ3n) is 3.14. The second kappa shape index (κ2) is 6.93. The Hall–Kier alpha value is -2.18. The van der Waals surface area contributed by atoms with Crippen molar-refractivity contribution in [2.45, 2.75) is 6.61 Å². The summed E-state index contributed by atoms with van der Waals surface area (Å²) in [6.45, 7) is 0.485. The van der Waals surface area contributed by atoms with Crippen molar-refractivity contribution in [1.82, 2.24) is 4.98 Å². The quantitative estimate of drug-likeness (QED) is 0.677. The second-order valence-corrected chi connectivity index (χ2v) is 6.47. The van der Waals surface area contributed by atoms with Gasteiger partial charge in [-0.05, 0) is 39.7 Å². The lowest BCUT2D eigenvalue weighted by molar-refractivity contribution is 0.0691. The van der Waals surface area contributed by atoms with Gasteiger partial charge in [0.1, 0.15) is 17.4 Å².